The van der Waals surface area contributed by atoms with Gasteiger partial charge in [-0.2, -0.15) is 4.39 Å². The summed E-state index contributed by atoms with van der Waals surface area (Å²) in [5, 5.41) is 9.80. The minimum atomic E-state index is -0.986. The largest absolute Gasteiger partial charge is 0.491 e. The van der Waals surface area contributed by atoms with Crippen LogP contribution in [0.5, 0.6) is 5.75 Å². The summed E-state index contributed by atoms with van der Waals surface area (Å²) in [5.74, 6) is -3.10. The van der Waals surface area contributed by atoms with Crippen molar-refractivity contribution in [3.05, 3.63) is 70.3 Å². The molecule has 0 heterocycles. The molecule has 2 fully saturated rings. The molecule has 0 bridgehead atoms. The molecule has 0 radical (unpaired) electrons. The molecule has 2 aliphatic carbocycles. The summed E-state index contributed by atoms with van der Waals surface area (Å²) < 4.78 is 63.7. The minimum Gasteiger partial charge on any atom is -0.491 e. The molecule has 4 rings (SSSR count). The van der Waals surface area contributed by atoms with Gasteiger partial charge in [0.05, 0.1) is 12.7 Å². The van der Waals surface area contributed by atoms with Crippen molar-refractivity contribution >= 4 is 6.08 Å². The maximum Gasteiger partial charge on any atom is 0.201 e. The van der Waals surface area contributed by atoms with E-state index in [1.807, 2.05) is 6.08 Å². The highest BCUT2D eigenvalue weighted by Crippen LogP contribution is 2.42. The van der Waals surface area contributed by atoms with E-state index in [1.165, 1.54) is 12.1 Å². The van der Waals surface area contributed by atoms with Gasteiger partial charge in [-0.15, -0.1) is 0 Å². The van der Waals surface area contributed by atoms with Crippen molar-refractivity contribution in [3.8, 4) is 5.75 Å². The summed E-state index contributed by atoms with van der Waals surface area (Å²) in [6.07, 6.45) is 9.28. The zero-order chi connectivity index (χ0) is 25.8. The number of hydrogen-bond acceptors (Lipinski definition) is 2. The van der Waals surface area contributed by atoms with Gasteiger partial charge in [0.15, 0.2) is 23.2 Å². The molecule has 2 aromatic carbocycles. The Bertz CT molecular complexity index is 1070. The Morgan fingerprint density at radius 2 is 1.36 bits per heavy atom. The van der Waals surface area contributed by atoms with Gasteiger partial charge in [0, 0.05) is 5.56 Å². The molecule has 2 aromatic rings. The second-order valence-corrected chi connectivity index (χ2v) is 10.4. The van der Waals surface area contributed by atoms with E-state index < -0.39 is 23.3 Å². The molecule has 0 aromatic heterocycles. The van der Waals surface area contributed by atoms with Gasteiger partial charge in [-0.1, -0.05) is 24.3 Å². The van der Waals surface area contributed by atoms with Gasteiger partial charge in [-0.05, 0) is 112 Å². The zero-order valence-electron chi connectivity index (χ0n) is 21.1. The Hall–Kier alpha value is -2.34. The van der Waals surface area contributed by atoms with E-state index in [0.29, 0.717) is 24.0 Å². The molecule has 6 heteroatoms. The smallest absolute Gasteiger partial charge is 0.201 e. The summed E-state index contributed by atoms with van der Waals surface area (Å²) >= 11 is 0. The Kier molecular flexibility index (Phi) is 8.76. The van der Waals surface area contributed by atoms with Crippen LogP contribution >= 0.6 is 0 Å². The molecule has 1 unspecified atom stereocenters. The molecule has 36 heavy (non-hydrogen) atoms. The predicted molar refractivity (Wildman–Crippen MR) is 134 cm³/mol. The van der Waals surface area contributed by atoms with Gasteiger partial charge in [-0.25, -0.2) is 13.2 Å². The molecule has 0 saturated heterocycles. The van der Waals surface area contributed by atoms with Gasteiger partial charge in [-0.3, -0.25) is 0 Å². The molecule has 0 aliphatic heterocycles. The zero-order valence-corrected chi connectivity index (χ0v) is 21.1. The van der Waals surface area contributed by atoms with Crippen LogP contribution in [0.2, 0.25) is 0 Å². The van der Waals surface area contributed by atoms with Gasteiger partial charge >= 0.3 is 0 Å². The van der Waals surface area contributed by atoms with E-state index in [9.17, 15) is 13.9 Å². The number of rotatable bonds is 7. The highest BCUT2D eigenvalue weighted by molar-refractivity contribution is 5.52. The summed E-state index contributed by atoms with van der Waals surface area (Å²) in [6.45, 7) is 3.76. The van der Waals surface area contributed by atoms with Gasteiger partial charge in [0.1, 0.15) is 0 Å². The van der Waals surface area contributed by atoms with Crippen LogP contribution in [0.3, 0.4) is 0 Å². The third-order valence-electron chi connectivity index (χ3n) is 8.17. The number of hydrogen-bond donors (Lipinski definition) is 1. The standard InChI is InChI=1S/C30H36F4O2/c1-3-36-26-17-14-23(27(31)30(26)34)9-6-19-4-7-21(8-5-19)24-15-16-25(29(33)28(24)32)22-12-10-20(11-13-22)18(2)35/h6,9,14-22,35H,3-5,7-8,10-13H2,1-2H3/b9-6+. The van der Waals surface area contributed by atoms with Crippen LogP contribution in [0.1, 0.15) is 93.7 Å². The predicted octanol–water partition coefficient (Wildman–Crippen LogP) is 8.28. The minimum absolute atomic E-state index is 0.00254. The molecule has 1 N–H and O–H groups in total. The topological polar surface area (TPSA) is 29.5 Å². The summed E-state index contributed by atoms with van der Waals surface area (Å²) in [4.78, 5) is 0. The first-order valence-corrected chi connectivity index (χ1v) is 13.2. The lowest BCUT2D eigenvalue weighted by molar-refractivity contribution is 0.0963. The van der Waals surface area contributed by atoms with Crippen LogP contribution in [0.25, 0.3) is 6.08 Å². The second kappa shape index (κ2) is 11.8. The number of aliphatic hydroxyl groups excluding tert-OH is 1. The number of halogens is 4. The molecule has 2 saturated carbocycles. The quantitative estimate of drug-likeness (QED) is 0.385. The van der Waals surface area contributed by atoms with Crippen molar-refractivity contribution in [3.63, 3.8) is 0 Å². The molecular formula is C30H36F4O2. The SMILES string of the molecule is CCOc1ccc(/C=C/C2CCC(c3ccc(C4CCC(C(C)O)CC4)c(F)c3F)CC2)c(F)c1F. The fourth-order valence-electron chi connectivity index (χ4n) is 5.93. The van der Waals surface area contributed by atoms with Gasteiger partial charge in [0.2, 0.25) is 5.82 Å². The number of benzene rings is 2. The Balaban J connectivity index is 1.37. The van der Waals surface area contributed by atoms with E-state index in [0.717, 1.165) is 38.5 Å². The third-order valence-corrected chi connectivity index (χ3v) is 8.17. The van der Waals surface area contributed by atoms with E-state index in [-0.39, 0.29) is 47.7 Å². The maximum absolute atomic E-state index is 15.1. The van der Waals surface area contributed by atoms with Crippen molar-refractivity contribution < 1.29 is 27.4 Å². The van der Waals surface area contributed by atoms with Crippen LogP contribution in [-0.4, -0.2) is 17.8 Å². The second-order valence-electron chi connectivity index (χ2n) is 10.4. The molecular weight excluding hydrogens is 468 g/mol. The average molecular weight is 505 g/mol. The van der Waals surface area contributed by atoms with E-state index >= 15 is 8.78 Å². The summed E-state index contributed by atoms with van der Waals surface area (Å²) in [6, 6.07) is 6.45. The van der Waals surface area contributed by atoms with Crippen molar-refractivity contribution in [2.24, 2.45) is 11.8 Å². The van der Waals surface area contributed by atoms with E-state index in [4.69, 9.17) is 4.74 Å². The molecule has 0 spiro atoms. The number of aliphatic hydroxyl groups is 1. The van der Waals surface area contributed by atoms with Crippen LogP contribution in [0.15, 0.2) is 30.3 Å². The van der Waals surface area contributed by atoms with Crippen LogP contribution < -0.4 is 4.74 Å². The lowest BCUT2D eigenvalue weighted by Gasteiger charge is -2.31. The highest BCUT2D eigenvalue weighted by Gasteiger charge is 2.30. The molecule has 0 amide bonds. The van der Waals surface area contributed by atoms with Gasteiger partial charge in [0.25, 0.3) is 0 Å². The van der Waals surface area contributed by atoms with Crippen molar-refractivity contribution in [1.29, 1.82) is 0 Å². The highest BCUT2D eigenvalue weighted by atomic mass is 19.2. The van der Waals surface area contributed by atoms with E-state index in [2.05, 4.69) is 0 Å². The summed E-state index contributed by atoms with van der Waals surface area (Å²) in [7, 11) is 0. The van der Waals surface area contributed by atoms with Crippen molar-refractivity contribution in [2.45, 2.75) is 83.2 Å². The summed E-state index contributed by atoms with van der Waals surface area (Å²) in [5.41, 5.74) is 1.07. The van der Waals surface area contributed by atoms with Crippen molar-refractivity contribution in [2.75, 3.05) is 6.61 Å². The van der Waals surface area contributed by atoms with Crippen LogP contribution in [0, 0.1) is 35.1 Å². The normalized spacial score (nSPS) is 25.8. The lowest BCUT2D eigenvalue weighted by atomic mass is 9.75. The molecule has 2 aliphatic rings. The van der Waals surface area contributed by atoms with Crippen LogP contribution in [0.4, 0.5) is 17.6 Å². The Morgan fingerprint density at radius 1 is 0.806 bits per heavy atom. The molecule has 1 atom stereocenters. The number of ether oxygens (including phenoxy) is 1. The fraction of sp³-hybridized carbons (Fsp3) is 0.533. The Labute approximate surface area is 211 Å². The maximum atomic E-state index is 15.1. The van der Waals surface area contributed by atoms with Crippen molar-refractivity contribution in [1.82, 2.24) is 0 Å². The Morgan fingerprint density at radius 3 is 1.89 bits per heavy atom. The molecule has 196 valence electrons. The first-order valence-electron chi connectivity index (χ1n) is 13.2. The first kappa shape index (κ1) is 26.7. The third kappa shape index (κ3) is 5.80. The molecule has 2 nitrogen and oxygen atoms in total. The monoisotopic (exact) mass is 504 g/mol. The van der Waals surface area contributed by atoms with E-state index in [1.54, 1.807) is 32.1 Å². The number of allylic oxidation sites excluding steroid dienone is 1. The first-order chi connectivity index (χ1) is 17.3. The fourth-order valence-corrected chi connectivity index (χ4v) is 5.93. The van der Waals surface area contributed by atoms with Crippen LogP contribution in [-0.2, 0) is 0 Å². The van der Waals surface area contributed by atoms with Gasteiger partial charge < -0.3 is 9.84 Å². The average Bonchev–Trinajstić information content (AvgIpc) is 2.88. The lowest BCUT2D eigenvalue weighted by Crippen LogP contribution is -2.23.